The third kappa shape index (κ3) is 8.03. The van der Waals surface area contributed by atoms with E-state index < -0.39 is 0 Å². The van der Waals surface area contributed by atoms with Crippen LogP contribution >= 0.6 is 0 Å². The number of pyridine rings is 2. The van der Waals surface area contributed by atoms with E-state index in [-0.39, 0.29) is 65.4 Å². The first kappa shape index (κ1) is 43.5. The Bertz CT molecular complexity index is 3770. The molecule has 0 unspecified atom stereocenters. The van der Waals surface area contributed by atoms with Crippen molar-refractivity contribution < 1.29 is 65.4 Å². The molecule has 13 aromatic rings. The first-order valence-corrected chi connectivity index (χ1v) is 21.7. The van der Waals surface area contributed by atoms with Crippen LogP contribution in [0, 0.1) is 0 Å². The van der Waals surface area contributed by atoms with Gasteiger partial charge in [-0.25, -0.2) is 9.97 Å². The number of fused-ring (bicyclic) bond motifs is 10. The van der Waals surface area contributed by atoms with Crippen molar-refractivity contribution in [2.24, 2.45) is 0 Å². The van der Waals surface area contributed by atoms with Crippen molar-refractivity contribution in [3.05, 3.63) is 243 Å². The molecule has 13 rings (SSSR count). The summed E-state index contributed by atoms with van der Waals surface area (Å²) in [5.74, 6) is 0. The van der Waals surface area contributed by atoms with Crippen LogP contribution in [0.3, 0.4) is 0 Å². The van der Waals surface area contributed by atoms with E-state index in [2.05, 4.69) is 245 Å². The van der Waals surface area contributed by atoms with Crippen molar-refractivity contribution in [3.8, 4) is 55.6 Å². The molecular formula is C60H40N4Y2. The van der Waals surface area contributed by atoms with Crippen LogP contribution in [-0.4, -0.2) is 18.8 Å². The Labute approximate surface area is 433 Å². The van der Waals surface area contributed by atoms with Crippen LogP contribution in [0.4, 0.5) is 0 Å². The van der Waals surface area contributed by atoms with Crippen LogP contribution in [0.2, 0.25) is 0 Å². The number of imidazole rings is 2. The van der Waals surface area contributed by atoms with Gasteiger partial charge in [0, 0.05) is 76.5 Å². The van der Waals surface area contributed by atoms with Crippen LogP contribution < -0.4 is 0 Å². The molecule has 0 bridgehead atoms. The Hall–Kier alpha value is -6.39. The molecule has 0 aliphatic heterocycles. The smallest absolute Gasteiger partial charge is 0.138 e. The molecule has 4 nitrogen and oxygen atoms in total. The maximum absolute atomic E-state index is 5.11. The van der Waals surface area contributed by atoms with Gasteiger partial charge in [0.05, 0.1) is 33.1 Å². The van der Waals surface area contributed by atoms with Gasteiger partial charge in [0.2, 0.25) is 0 Å². The van der Waals surface area contributed by atoms with Crippen molar-refractivity contribution in [1.82, 2.24) is 18.8 Å². The predicted octanol–water partition coefficient (Wildman–Crippen LogP) is 15.6. The third-order valence-electron chi connectivity index (χ3n) is 12.4. The molecule has 2 radical (unpaired) electrons. The van der Waals surface area contributed by atoms with Gasteiger partial charge in [-0.3, -0.25) is 8.80 Å². The number of hydrogen-bond acceptors (Lipinski definition) is 2. The van der Waals surface area contributed by atoms with Crippen molar-refractivity contribution in [3.63, 3.8) is 0 Å². The minimum absolute atomic E-state index is 0. The van der Waals surface area contributed by atoms with E-state index in [1.807, 2.05) is 6.07 Å². The van der Waals surface area contributed by atoms with Crippen molar-refractivity contribution >= 4 is 55.2 Å². The van der Waals surface area contributed by atoms with Gasteiger partial charge in [0.15, 0.2) is 0 Å². The van der Waals surface area contributed by atoms with Crippen LogP contribution in [0.25, 0.3) is 111 Å². The van der Waals surface area contributed by atoms with Crippen LogP contribution in [0.15, 0.2) is 243 Å². The van der Waals surface area contributed by atoms with Gasteiger partial charge >= 0.3 is 0 Å². The molecule has 0 spiro atoms. The number of benzene rings is 9. The van der Waals surface area contributed by atoms with E-state index >= 15 is 0 Å². The number of rotatable bonds is 5. The quantitative estimate of drug-likeness (QED) is 0.172. The second kappa shape index (κ2) is 18.8. The third-order valence-corrected chi connectivity index (χ3v) is 12.4. The van der Waals surface area contributed by atoms with Crippen LogP contribution in [0.5, 0.6) is 0 Å². The molecule has 0 aliphatic carbocycles. The number of hydrogen-bond donors (Lipinski definition) is 0. The summed E-state index contributed by atoms with van der Waals surface area (Å²) in [5.41, 5.74) is 20.6. The maximum atomic E-state index is 5.11. The zero-order chi connectivity index (χ0) is 42.4. The van der Waals surface area contributed by atoms with Crippen molar-refractivity contribution in [2.45, 2.75) is 0 Å². The molecule has 306 valence electrons. The monoisotopic (exact) mass is 994 g/mol. The minimum atomic E-state index is 0. The van der Waals surface area contributed by atoms with Gasteiger partial charge in [-0.2, -0.15) is 0 Å². The Morgan fingerprint density at radius 3 is 1.06 bits per heavy atom. The summed E-state index contributed by atoms with van der Waals surface area (Å²) in [4.78, 5) is 10.1. The maximum Gasteiger partial charge on any atom is 0.138 e. The fourth-order valence-corrected chi connectivity index (χ4v) is 9.27. The molecular weight excluding hydrogens is 954 g/mol. The summed E-state index contributed by atoms with van der Waals surface area (Å²) < 4.78 is 4.53. The largest absolute Gasteiger partial charge is 0.292 e. The van der Waals surface area contributed by atoms with Crippen LogP contribution in [0.1, 0.15) is 0 Å². The topological polar surface area (TPSA) is 34.6 Å². The second-order valence-corrected chi connectivity index (χ2v) is 16.2. The van der Waals surface area contributed by atoms with E-state index in [9.17, 15) is 0 Å². The van der Waals surface area contributed by atoms with Gasteiger partial charge in [-0.05, 0) is 122 Å². The fourth-order valence-electron chi connectivity index (χ4n) is 9.27. The van der Waals surface area contributed by atoms with Gasteiger partial charge in [-0.15, -0.1) is 0 Å². The first-order chi connectivity index (χ1) is 31.7. The molecule has 6 heteroatoms. The summed E-state index contributed by atoms with van der Waals surface area (Å²) in [6, 6.07) is 85.7. The Balaban J connectivity index is 0.000000153. The molecule has 0 aliphatic rings. The van der Waals surface area contributed by atoms with E-state index in [0.29, 0.717) is 0 Å². The normalized spacial score (nSPS) is 11.1. The number of para-hydroxylation sites is 4. The summed E-state index contributed by atoms with van der Waals surface area (Å²) >= 11 is 0. The zero-order valence-electron chi connectivity index (χ0n) is 36.0. The van der Waals surface area contributed by atoms with Gasteiger partial charge in [0.1, 0.15) is 11.3 Å². The molecule has 0 amide bonds. The SMILES string of the molecule is [Y].[Y].c1ccc(-c2cc(-c3ccccc3)cc(-c3cccc4c3nc3ccc5ccccc5n34)c2)cc1.c1ccc(-c2ccc(-c3cccc4c3nc3ccc5ccccc5n34)cc2)cc1. The second-order valence-electron chi connectivity index (χ2n) is 16.2. The van der Waals surface area contributed by atoms with Crippen molar-refractivity contribution in [1.29, 1.82) is 0 Å². The van der Waals surface area contributed by atoms with Crippen molar-refractivity contribution in [2.75, 3.05) is 0 Å². The van der Waals surface area contributed by atoms with Crippen LogP contribution in [-0.2, 0) is 65.4 Å². The average Bonchev–Trinajstić information content (AvgIpc) is 3.97. The summed E-state index contributed by atoms with van der Waals surface area (Å²) in [7, 11) is 0. The molecule has 4 aromatic heterocycles. The molecule has 0 atom stereocenters. The zero-order valence-corrected chi connectivity index (χ0v) is 41.7. The predicted molar refractivity (Wildman–Crippen MR) is 268 cm³/mol. The van der Waals surface area contributed by atoms with Gasteiger partial charge in [-0.1, -0.05) is 176 Å². The first-order valence-electron chi connectivity index (χ1n) is 21.7. The van der Waals surface area contributed by atoms with E-state index in [1.54, 1.807) is 0 Å². The molecule has 4 heterocycles. The molecule has 0 saturated heterocycles. The molecule has 0 fully saturated rings. The Kier molecular flexibility index (Phi) is 12.4. The summed E-state index contributed by atoms with van der Waals surface area (Å²) in [5, 5.41) is 2.43. The van der Waals surface area contributed by atoms with Gasteiger partial charge < -0.3 is 0 Å². The average molecular weight is 995 g/mol. The van der Waals surface area contributed by atoms with E-state index in [4.69, 9.17) is 9.97 Å². The summed E-state index contributed by atoms with van der Waals surface area (Å²) in [6.45, 7) is 0. The van der Waals surface area contributed by atoms with Gasteiger partial charge in [0.25, 0.3) is 0 Å². The van der Waals surface area contributed by atoms with E-state index in [1.165, 1.54) is 66.3 Å². The van der Waals surface area contributed by atoms with E-state index in [0.717, 1.165) is 44.5 Å². The Morgan fingerprint density at radius 1 is 0.242 bits per heavy atom. The minimum Gasteiger partial charge on any atom is -0.292 e. The summed E-state index contributed by atoms with van der Waals surface area (Å²) in [6.07, 6.45) is 0. The molecule has 0 N–H and O–H groups in total. The number of aromatic nitrogens is 4. The fraction of sp³-hybridized carbons (Fsp3) is 0. The molecule has 0 saturated carbocycles. The Morgan fingerprint density at radius 2 is 0.591 bits per heavy atom. The standard InChI is InChI=1S/C33H22N2.C27H18N2.2Y/c1-3-10-23(11-4-1)26-20-27(24-12-5-2-6-13-24)22-28(21-26)29-15-9-17-31-33(29)34-32-19-18-25-14-7-8-16-30(25)35(31)32;1-2-7-19(8-3-1)20-13-15-21(16-14-20)23-10-6-12-25-27(23)28-26-18-17-22-9-4-5-11-24(22)29(25)26;;/h1-22H;1-18H;;. The number of nitrogens with zero attached hydrogens (tertiary/aromatic N) is 4. The molecule has 66 heavy (non-hydrogen) atoms. The molecule has 9 aromatic carbocycles.